The molecule has 0 aliphatic carbocycles. The minimum Gasteiger partial charge on any atom is -0.444 e. The van der Waals surface area contributed by atoms with Crippen LogP contribution in [0, 0.1) is 0 Å². The van der Waals surface area contributed by atoms with Crippen molar-refractivity contribution in [1.29, 1.82) is 0 Å². The zero-order chi connectivity index (χ0) is 21.9. The molecule has 0 fully saturated rings. The standard InChI is InChI=1S/C20H30F3N3O3/c1-19(2,3)29-18(28)26(14-8-12-25-17(27)20(21,22)23)13-7-11-24-15-16-9-5-4-6-10-16/h4-6,9-10,24H,7-8,11-15H2,1-3H3,(H,25,27). The van der Waals surface area contributed by atoms with Gasteiger partial charge in [0.2, 0.25) is 0 Å². The lowest BCUT2D eigenvalue weighted by Gasteiger charge is -2.27. The third-order valence-corrected chi connectivity index (χ3v) is 3.75. The molecule has 0 spiro atoms. The molecule has 2 amide bonds. The summed E-state index contributed by atoms with van der Waals surface area (Å²) in [5.41, 5.74) is 0.475. The van der Waals surface area contributed by atoms with Crippen LogP contribution in [-0.2, 0) is 16.1 Å². The first-order valence-corrected chi connectivity index (χ1v) is 9.56. The highest BCUT2D eigenvalue weighted by Gasteiger charge is 2.38. The fraction of sp³-hybridized carbons (Fsp3) is 0.600. The van der Waals surface area contributed by atoms with E-state index in [4.69, 9.17) is 4.74 Å². The number of rotatable bonds is 10. The van der Waals surface area contributed by atoms with E-state index in [-0.39, 0.29) is 19.5 Å². The highest BCUT2D eigenvalue weighted by molar-refractivity contribution is 5.81. The molecule has 0 unspecified atom stereocenters. The van der Waals surface area contributed by atoms with Crippen molar-refractivity contribution in [3.63, 3.8) is 0 Å². The van der Waals surface area contributed by atoms with Crippen LogP contribution in [0.4, 0.5) is 18.0 Å². The Morgan fingerprint density at radius 3 is 2.14 bits per heavy atom. The summed E-state index contributed by atoms with van der Waals surface area (Å²) in [7, 11) is 0. The van der Waals surface area contributed by atoms with Gasteiger partial charge < -0.3 is 20.3 Å². The molecule has 2 N–H and O–H groups in total. The fourth-order valence-corrected chi connectivity index (χ4v) is 2.42. The monoisotopic (exact) mass is 417 g/mol. The smallest absolute Gasteiger partial charge is 0.444 e. The summed E-state index contributed by atoms with van der Waals surface area (Å²) >= 11 is 0. The maximum Gasteiger partial charge on any atom is 0.471 e. The van der Waals surface area contributed by atoms with Crippen molar-refractivity contribution in [1.82, 2.24) is 15.5 Å². The Balaban J connectivity index is 2.42. The molecule has 29 heavy (non-hydrogen) atoms. The van der Waals surface area contributed by atoms with E-state index in [9.17, 15) is 22.8 Å². The van der Waals surface area contributed by atoms with Gasteiger partial charge in [-0.1, -0.05) is 30.3 Å². The summed E-state index contributed by atoms with van der Waals surface area (Å²) in [6, 6.07) is 9.88. The Labute approximate surface area is 169 Å². The summed E-state index contributed by atoms with van der Waals surface area (Å²) in [6.45, 7) is 7.01. The average molecular weight is 417 g/mol. The van der Waals surface area contributed by atoms with Crippen LogP contribution in [0.15, 0.2) is 30.3 Å². The second kappa shape index (κ2) is 11.6. The molecular weight excluding hydrogens is 387 g/mol. The van der Waals surface area contributed by atoms with Gasteiger partial charge >= 0.3 is 18.2 Å². The molecule has 164 valence electrons. The number of halogens is 3. The summed E-state index contributed by atoms with van der Waals surface area (Å²) < 4.78 is 42.0. The molecule has 0 saturated carbocycles. The average Bonchev–Trinajstić information content (AvgIpc) is 2.61. The minimum atomic E-state index is -4.91. The van der Waals surface area contributed by atoms with E-state index in [1.54, 1.807) is 26.1 Å². The molecule has 0 aliphatic heterocycles. The molecule has 9 heteroatoms. The second-order valence-corrected chi connectivity index (χ2v) is 7.59. The number of benzene rings is 1. The minimum absolute atomic E-state index is 0.177. The molecule has 0 aromatic heterocycles. The first-order chi connectivity index (χ1) is 13.5. The van der Waals surface area contributed by atoms with E-state index in [1.807, 2.05) is 30.3 Å². The Morgan fingerprint density at radius 1 is 1.00 bits per heavy atom. The lowest BCUT2D eigenvalue weighted by Crippen LogP contribution is -2.41. The van der Waals surface area contributed by atoms with Crippen LogP contribution in [0.3, 0.4) is 0 Å². The number of nitrogens with zero attached hydrogens (tertiary/aromatic N) is 1. The zero-order valence-electron chi connectivity index (χ0n) is 17.1. The Bertz CT molecular complexity index is 631. The van der Waals surface area contributed by atoms with Gasteiger partial charge in [-0.15, -0.1) is 0 Å². The van der Waals surface area contributed by atoms with Crippen molar-refractivity contribution in [3.8, 4) is 0 Å². The van der Waals surface area contributed by atoms with E-state index >= 15 is 0 Å². The van der Waals surface area contributed by atoms with Gasteiger partial charge in [0, 0.05) is 26.2 Å². The van der Waals surface area contributed by atoms with Crippen molar-refractivity contribution in [2.45, 2.75) is 51.9 Å². The molecule has 0 saturated heterocycles. The third-order valence-electron chi connectivity index (χ3n) is 3.75. The number of amides is 2. The van der Waals surface area contributed by atoms with Gasteiger partial charge in [0.15, 0.2) is 0 Å². The molecule has 0 bridgehead atoms. The second-order valence-electron chi connectivity index (χ2n) is 7.59. The van der Waals surface area contributed by atoms with Crippen molar-refractivity contribution in [2.75, 3.05) is 26.2 Å². The van der Waals surface area contributed by atoms with Crippen molar-refractivity contribution in [2.24, 2.45) is 0 Å². The van der Waals surface area contributed by atoms with Crippen LogP contribution in [0.25, 0.3) is 0 Å². The van der Waals surface area contributed by atoms with Crippen LogP contribution in [0.2, 0.25) is 0 Å². The van der Waals surface area contributed by atoms with E-state index in [2.05, 4.69) is 5.32 Å². The van der Waals surface area contributed by atoms with Gasteiger partial charge in [-0.25, -0.2) is 4.79 Å². The van der Waals surface area contributed by atoms with E-state index in [0.717, 1.165) is 5.56 Å². The number of hydrogen-bond acceptors (Lipinski definition) is 4. The van der Waals surface area contributed by atoms with Gasteiger partial charge in [-0.2, -0.15) is 13.2 Å². The number of hydrogen-bond donors (Lipinski definition) is 2. The normalized spacial score (nSPS) is 11.8. The molecule has 0 aliphatic rings. The van der Waals surface area contributed by atoms with Gasteiger partial charge in [0.05, 0.1) is 0 Å². The predicted octanol–water partition coefficient (Wildman–Crippen LogP) is 3.47. The van der Waals surface area contributed by atoms with Crippen LogP contribution < -0.4 is 10.6 Å². The SMILES string of the molecule is CC(C)(C)OC(=O)N(CCCNCc1ccccc1)CCCNC(=O)C(F)(F)F. The van der Waals surface area contributed by atoms with Gasteiger partial charge in [0.1, 0.15) is 5.60 Å². The van der Waals surface area contributed by atoms with E-state index in [0.29, 0.717) is 26.1 Å². The number of ether oxygens (including phenoxy) is 1. The number of carbonyl (C=O) groups excluding carboxylic acids is 2. The van der Waals surface area contributed by atoms with Gasteiger partial charge in [-0.3, -0.25) is 4.79 Å². The highest BCUT2D eigenvalue weighted by Crippen LogP contribution is 2.14. The molecule has 1 rings (SSSR count). The van der Waals surface area contributed by atoms with E-state index < -0.39 is 23.8 Å². The van der Waals surface area contributed by atoms with E-state index in [1.165, 1.54) is 4.90 Å². The molecule has 6 nitrogen and oxygen atoms in total. The topological polar surface area (TPSA) is 70.7 Å². The summed E-state index contributed by atoms with van der Waals surface area (Å²) in [5, 5.41) is 5.09. The molecule has 0 radical (unpaired) electrons. The molecular formula is C20H30F3N3O3. The fourth-order valence-electron chi connectivity index (χ4n) is 2.42. The molecule has 1 aromatic rings. The number of alkyl halides is 3. The Morgan fingerprint density at radius 2 is 1.59 bits per heavy atom. The highest BCUT2D eigenvalue weighted by atomic mass is 19.4. The Hall–Kier alpha value is -2.29. The number of nitrogens with one attached hydrogen (secondary N) is 2. The predicted molar refractivity (Wildman–Crippen MR) is 104 cm³/mol. The van der Waals surface area contributed by atoms with Crippen LogP contribution in [0.5, 0.6) is 0 Å². The largest absolute Gasteiger partial charge is 0.471 e. The van der Waals surface area contributed by atoms with Crippen molar-refractivity contribution < 1.29 is 27.5 Å². The third kappa shape index (κ3) is 11.3. The van der Waals surface area contributed by atoms with Crippen LogP contribution in [-0.4, -0.2) is 54.9 Å². The number of carbonyl (C=O) groups is 2. The lowest BCUT2D eigenvalue weighted by molar-refractivity contribution is -0.173. The van der Waals surface area contributed by atoms with Gasteiger partial charge in [-0.05, 0) is 45.7 Å². The maximum absolute atomic E-state index is 12.3. The van der Waals surface area contributed by atoms with Crippen molar-refractivity contribution >= 4 is 12.0 Å². The maximum atomic E-state index is 12.3. The summed E-state index contributed by atoms with van der Waals surface area (Å²) in [6.07, 6.45) is -4.59. The van der Waals surface area contributed by atoms with Crippen molar-refractivity contribution in [3.05, 3.63) is 35.9 Å². The lowest BCUT2D eigenvalue weighted by atomic mass is 10.2. The molecule has 1 aromatic carbocycles. The first-order valence-electron chi connectivity index (χ1n) is 9.56. The van der Waals surface area contributed by atoms with Crippen LogP contribution >= 0.6 is 0 Å². The molecule has 0 atom stereocenters. The Kier molecular flexibility index (Phi) is 9.94. The molecule has 0 heterocycles. The summed E-state index contributed by atoms with van der Waals surface area (Å²) in [4.78, 5) is 24.6. The van der Waals surface area contributed by atoms with Crippen LogP contribution in [0.1, 0.15) is 39.2 Å². The zero-order valence-corrected chi connectivity index (χ0v) is 17.1. The first kappa shape index (κ1) is 24.7. The summed E-state index contributed by atoms with van der Waals surface area (Å²) in [5.74, 6) is -1.98. The quantitative estimate of drug-likeness (QED) is 0.572. The van der Waals surface area contributed by atoms with Gasteiger partial charge in [0.25, 0.3) is 0 Å².